The fraction of sp³-hybridized carbons (Fsp3) is 0.522. The van der Waals surface area contributed by atoms with Crippen molar-refractivity contribution < 1.29 is 28.2 Å². The Hall–Kier alpha value is -4.80. The van der Waals surface area contributed by atoms with Gasteiger partial charge in [-0.05, 0) is 73.6 Å². The summed E-state index contributed by atoms with van der Waals surface area (Å²) >= 11 is 0. The van der Waals surface area contributed by atoms with Crippen molar-refractivity contribution in [3.05, 3.63) is 59.7 Å². The number of amides is 1. The molecular formula is C46H54F2N6O4Si. The molecule has 10 nitrogen and oxygen atoms in total. The van der Waals surface area contributed by atoms with Crippen LogP contribution < -0.4 is 14.4 Å². The molecule has 13 heteroatoms. The summed E-state index contributed by atoms with van der Waals surface area (Å²) in [4.78, 5) is 33.4. The van der Waals surface area contributed by atoms with E-state index in [0.29, 0.717) is 70.2 Å². The van der Waals surface area contributed by atoms with Gasteiger partial charge in [-0.15, -0.1) is 5.54 Å². The number of nitrogens with zero attached hydrogens (tertiary/aromatic N) is 6. The molecule has 1 amide bonds. The highest BCUT2D eigenvalue weighted by Crippen LogP contribution is 2.48. The number of rotatable bonds is 7. The number of anilines is 1. The lowest BCUT2D eigenvalue weighted by molar-refractivity contribution is 0.0706. The standard InChI is InChI=1S/C46H54F2N6O4Si/c1-25(2)59(26(3)4,27(5)6)20-17-32-34(47)15-13-30-11-9-12-33(36(30)32)39-38(48)40-37-42(51-44(50-40)57-24-46-18-10-19-52(46)22-28(7)21-46)53-23-31-14-16-35(54(31)45(55)56)41(53)29(8)58-43(37)49-39/h9,11-13,15,25-27,29,31,35,41H,7,10,14,16,18-19,21-24H2,1-6,8H3,(H,55,56)/t29?,31?,35?,41?,46-/m0/s1. The van der Waals surface area contributed by atoms with Crippen LogP contribution in [-0.4, -0.2) is 100 Å². The Kier molecular flexibility index (Phi) is 9.70. The second kappa shape index (κ2) is 14.4. The molecule has 4 saturated heterocycles. The summed E-state index contributed by atoms with van der Waals surface area (Å²) < 4.78 is 47.3. The number of hydrogen-bond donors (Lipinski definition) is 1. The van der Waals surface area contributed by atoms with E-state index in [1.165, 1.54) is 6.07 Å². The first-order valence-corrected chi connectivity index (χ1v) is 23.5. The smallest absolute Gasteiger partial charge is 0.407 e. The van der Waals surface area contributed by atoms with E-state index in [2.05, 4.69) is 69.4 Å². The molecule has 0 aliphatic carbocycles. The van der Waals surface area contributed by atoms with Gasteiger partial charge in [0, 0.05) is 24.0 Å². The third kappa shape index (κ3) is 6.10. The van der Waals surface area contributed by atoms with Crippen LogP contribution in [0.15, 0.2) is 42.5 Å². The van der Waals surface area contributed by atoms with Gasteiger partial charge in [0.25, 0.3) is 0 Å². The van der Waals surface area contributed by atoms with Crippen LogP contribution in [0.25, 0.3) is 32.9 Å². The first kappa shape index (κ1) is 39.6. The van der Waals surface area contributed by atoms with Crippen molar-refractivity contribution >= 4 is 41.7 Å². The van der Waals surface area contributed by atoms with Crippen LogP contribution in [0.1, 0.15) is 86.1 Å². The Balaban J connectivity index is 1.25. The van der Waals surface area contributed by atoms with E-state index in [9.17, 15) is 9.90 Å². The minimum atomic E-state index is -2.28. The Labute approximate surface area is 346 Å². The van der Waals surface area contributed by atoms with Crippen molar-refractivity contribution in [2.45, 2.75) is 127 Å². The topological polar surface area (TPSA) is 104 Å². The van der Waals surface area contributed by atoms with Crippen molar-refractivity contribution in [2.24, 2.45) is 0 Å². The van der Waals surface area contributed by atoms with Gasteiger partial charge in [-0.3, -0.25) is 9.80 Å². The summed E-state index contributed by atoms with van der Waals surface area (Å²) in [6.07, 6.45) is 2.65. The van der Waals surface area contributed by atoms with E-state index in [0.717, 1.165) is 37.9 Å². The van der Waals surface area contributed by atoms with Crippen LogP contribution in [0.5, 0.6) is 11.9 Å². The predicted molar refractivity (Wildman–Crippen MR) is 229 cm³/mol. The van der Waals surface area contributed by atoms with E-state index in [-0.39, 0.29) is 46.3 Å². The van der Waals surface area contributed by atoms with Gasteiger partial charge in [0.2, 0.25) is 5.88 Å². The molecule has 5 aliphatic heterocycles. The SMILES string of the molecule is C=C1CN2CCC[C@@]2(COc2nc3c4c(nc(-c5cccc6ccc(F)c(C#C[Si](C(C)C)(C(C)C)C(C)C)c56)c(F)c4n2)OC(C)C2C4CCC(CN32)N4C(=O)O)C1. The summed E-state index contributed by atoms with van der Waals surface area (Å²) in [5.74, 6) is 2.71. The molecule has 9 rings (SSSR count). The molecule has 4 aromatic rings. The zero-order valence-corrected chi connectivity index (χ0v) is 36.1. The summed E-state index contributed by atoms with van der Waals surface area (Å²) in [5, 5.41) is 11.8. The molecule has 59 heavy (non-hydrogen) atoms. The van der Waals surface area contributed by atoms with Gasteiger partial charge in [-0.25, -0.2) is 18.6 Å². The van der Waals surface area contributed by atoms with Crippen LogP contribution in [0.2, 0.25) is 16.6 Å². The average molecular weight is 821 g/mol. The normalized spacial score (nSPS) is 25.1. The Morgan fingerprint density at radius 3 is 2.56 bits per heavy atom. The Morgan fingerprint density at radius 1 is 1.07 bits per heavy atom. The molecule has 4 fully saturated rings. The van der Waals surface area contributed by atoms with Crippen LogP contribution in [0.3, 0.4) is 0 Å². The number of ether oxygens (including phenoxy) is 2. The van der Waals surface area contributed by atoms with Crippen molar-refractivity contribution in [1.82, 2.24) is 24.8 Å². The number of aromatic nitrogens is 3. The monoisotopic (exact) mass is 820 g/mol. The van der Waals surface area contributed by atoms with Crippen molar-refractivity contribution in [3.8, 4) is 34.6 Å². The molecule has 0 radical (unpaired) electrons. The number of fused-ring (bicyclic) bond motifs is 7. The molecule has 2 aromatic carbocycles. The Morgan fingerprint density at radius 2 is 1.83 bits per heavy atom. The van der Waals surface area contributed by atoms with Crippen molar-refractivity contribution in [1.29, 1.82) is 0 Å². The van der Waals surface area contributed by atoms with Crippen molar-refractivity contribution in [3.63, 3.8) is 0 Å². The fourth-order valence-corrected chi connectivity index (χ4v) is 17.1. The number of benzene rings is 2. The van der Waals surface area contributed by atoms with Gasteiger partial charge in [-0.2, -0.15) is 9.97 Å². The van der Waals surface area contributed by atoms with Gasteiger partial charge < -0.3 is 19.5 Å². The van der Waals surface area contributed by atoms with Gasteiger partial charge in [0.05, 0.1) is 29.2 Å². The molecule has 2 bridgehead atoms. The van der Waals surface area contributed by atoms with Crippen LogP contribution in [-0.2, 0) is 0 Å². The lowest BCUT2D eigenvalue weighted by atomic mass is 9.94. The molecule has 0 saturated carbocycles. The number of carbonyl (C=O) groups is 1. The zero-order valence-electron chi connectivity index (χ0n) is 35.1. The molecular weight excluding hydrogens is 767 g/mol. The largest absolute Gasteiger partial charge is 0.472 e. The number of hydrogen-bond acceptors (Lipinski definition) is 8. The minimum Gasteiger partial charge on any atom is -0.472 e. The summed E-state index contributed by atoms with van der Waals surface area (Å²) in [5.41, 5.74) is 6.12. The van der Waals surface area contributed by atoms with E-state index in [1.807, 2.05) is 19.1 Å². The lowest BCUT2D eigenvalue weighted by Crippen LogP contribution is -2.64. The van der Waals surface area contributed by atoms with Crippen molar-refractivity contribution in [2.75, 3.05) is 31.1 Å². The van der Waals surface area contributed by atoms with Crippen LogP contribution >= 0.6 is 0 Å². The van der Waals surface area contributed by atoms with Gasteiger partial charge in [-0.1, -0.05) is 83.9 Å². The quantitative estimate of drug-likeness (QED) is 0.111. The first-order valence-electron chi connectivity index (χ1n) is 21.3. The third-order valence-electron chi connectivity index (χ3n) is 14.4. The molecule has 1 N–H and O–H groups in total. The maximum atomic E-state index is 17.8. The zero-order chi connectivity index (χ0) is 41.7. The number of pyridine rings is 1. The fourth-order valence-electron chi connectivity index (χ4n) is 11.9. The molecule has 4 unspecified atom stereocenters. The van der Waals surface area contributed by atoms with Gasteiger partial charge in [0.15, 0.2) is 5.82 Å². The summed E-state index contributed by atoms with van der Waals surface area (Å²) in [7, 11) is -2.28. The second-order valence-corrected chi connectivity index (χ2v) is 24.1. The highest BCUT2D eigenvalue weighted by Gasteiger charge is 2.53. The maximum Gasteiger partial charge on any atom is 0.407 e. The van der Waals surface area contributed by atoms with E-state index >= 15 is 8.78 Å². The van der Waals surface area contributed by atoms with Crippen LogP contribution in [0, 0.1) is 23.1 Å². The Bertz CT molecular complexity index is 2450. The van der Waals surface area contributed by atoms with Gasteiger partial charge in [0.1, 0.15) is 49.0 Å². The molecule has 2 aromatic heterocycles. The predicted octanol–water partition coefficient (Wildman–Crippen LogP) is 9.35. The number of halogens is 2. The third-order valence-corrected chi connectivity index (χ3v) is 20.7. The molecule has 310 valence electrons. The van der Waals surface area contributed by atoms with E-state index in [1.54, 1.807) is 17.0 Å². The lowest BCUT2D eigenvalue weighted by Gasteiger charge is -2.47. The molecule has 5 atom stereocenters. The maximum absolute atomic E-state index is 17.8. The number of carboxylic acid groups (broad SMARTS) is 1. The first-order chi connectivity index (χ1) is 28.1. The number of piperazine rings is 1. The molecule has 5 aliphatic rings. The summed E-state index contributed by atoms with van der Waals surface area (Å²) in [6.45, 7) is 21.9. The summed E-state index contributed by atoms with van der Waals surface area (Å²) in [6, 6.07) is 7.54. The molecule has 0 spiro atoms. The van der Waals surface area contributed by atoms with Gasteiger partial charge >= 0.3 is 12.1 Å². The van der Waals surface area contributed by atoms with E-state index < -0.39 is 37.9 Å². The van der Waals surface area contributed by atoms with Crippen LogP contribution in [0.4, 0.5) is 19.4 Å². The highest BCUT2D eigenvalue weighted by molar-refractivity contribution is 6.90. The minimum absolute atomic E-state index is 0.0191. The highest BCUT2D eigenvalue weighted by atomic mass is 28.3. The average Bonchev–Trinajstić information content (AvgIpc) is 3.80. The second-order valence-electron chi connectivity index (χ2n) is 18.5. The van der Waals surface area contributed by atoms with E-state index in [4.69, 9.17) is 24.4 Å². The molecule has 7 heterocycles.